The molecular formula is C15H7F6N3O4. The average Bonchev–Trinajstić information content (AvgIpc) is 2.80. The molecule has 3 N–H and O–H groups in total. The number of carbonyl (C=O) groups is 2. The number of nitrogens with two attached hydrogens (primary N) is 1. The van der Waals surface area contributed by atoms with Crippen LogP contribution in [-0.4, -0.2) is 22.7 Å². The Kier molecular flexibility index (Phi) is 4.13. The second kappa shape index (κ2) is 6.00. The molecule has 2 amide bonds. The molecule has 1 aromatic heterocycles. The maximum atomic E-state index is 13.4. The number of rotatable bonds is 2. The van der Waals surface area contributed by atoms with Crippen LogP contribution in [-0.2, 0) is 6.18 Å². The van der Waals surface area contributed by atoms with Gasteiger partial charge in [0.05, 0.1) is 22.4 Å². The number of nitrogens with zero attached hydrogens (tertiary/aromatic N) is 1. The van der Waals surface area contributed by atoms with Crippen molar-refractivity contribution in [1.82, 2.24) is 9.88 Å². The first-order chi connectivity index (χ1) is 12.8. The van der Waals surface area contributed by atoms with Crippen molar-refractivity contribution in [2.24, 2.45) is 0 Å². The summed E-state index contributed by atoms with van der Waals surface area (Å²) in [6.07, 6.45) is -10.4. The minimum atomic E-state index is -5.24. The van der Waals surface area contributed by atoms with Crippen molar-refractivity contribution in [3.05, 3.63) is 51.3 Å². The van der Waals surface area contributed by atoms with Crippen molar-refractivity contribution in [3.8, 4) is 11.4 Å². The molecule has 2 aromatic rings. The molecule has 0 aliphatic carbocycles. The molecular weight excluding hydrogens is 400 g/mol. The summed E-state index contributed by atoms with van der Waals surface area (Å²) in [7, 11) is 0. The maximum absolute atomic E-state index is 13.4. The van der Waals surface area contributed by atoms with Crippen molar-refractivity contribution in [1.29, 1.82) is 0 Å². The highest BCUT2D eigenvalue weighted by Crippen LogP contribution is 2.38. The number of nitrogens with one attached hydrogen (secondary N) is 1. The van der Waals surface area contributed by atoms with E-state index in [1.807, 2.05) is 5.32 Å². The van der Waals surface area contributed by atoms with E-state index in [0.717, 1.165) is 0 Å². The Bertz CT molecular complexity index is 1070. The van der Waals surface area contributed by atoms with Crippen LogP contribution in [0.5, 0.6) is 5.75 Å². The number of fused-ring (bicyclic) bond motifs is 1. The van der Waals surface area contributed by atoms with Crippen LogP contribution in [0.15, 0.2) is 29.1 Å². The smallest absolute Gasteiger partial charge is 0.406 e. The van der Waals surface area contributed by atoms with Crippen LogP contribution in [0, 0.1) is 0 Å². The molecule has 0 fully saturated rings. The van der Waals surface area contributed by atoms with Gasteiger partial charge in [-0.05, 0) is 18.2 Å². The average molecular weight is 407 g/mol. The van der Waals surface area contributed by atoms with Crippen molar-refractivity contribution >= 4 is 17.6 Å². The Hall–Kier alpha value is -3.51. The van der Waals surface area contributed by atoms with E-state index >= 15 is 0 Å². The minimum absolute atomic E-state index is 0.0349. The van der Waals surface area contributed by atoms with E-state index in [1.165, 1.54) is 0 Å². The summed E-state index contributed by atoms with van der Waals surface area (Å²) < 4.78 is 80.8. The van der Waals surface area contributed by atoms with E-state index in [9.17, 15) is 40.7 Å². The summed E-state index contributed by atoms with van der Waals surface area (Å²) in [6.45, 7) is 0. The highest BCUT2D eigenvalue weighted by atomic mass is 19.4. The molecule has 7 nitrogen and oxygen atoms in total. The zero-order chi connectivity index (χ0) is 21.0. The molecule has 1 aliphatic heterocycles. The Balaban J connectivity index is 2.28. The van der Waals surface area contributed by atoms with Crippen molar-refractivity contribution in [2.45, 2.75) is 12.5 Å². The van der Waals surface area contributed by atoms with Gasteiger partial charge in [0.2, 0.25) is 0 Å². The SMILES string of the molecule is Nc1c2c(cc(=O)n1-c1ccc(OC(F)(F)F)cc1C(F)(F)F)C(=O)NC2=O. The number of hydrogen-bond donors (Lipinski definition) is 2. The summed E-state index contributed by atoms with van der Waals surface area (Å²) in [4.78, 5) is 35.6. The number of alkyl halides is 6. The minimum Gasteiger partial charge on any atom is -0.406 e. The third-order valence-corrected chi connectivity index (χ3v) is 3.70. The number of nitrogen functional groups attached to an aromatic ring is 1. The van der Waals surface area contributed by atoms with Gasteiger partial charge in [0, 0.05) is 6.07 Å². The molecule has 0 saturated carbocycles. The lowest BCUT2D eigenvalue weighted by atomic mass is 10.1. The van der Waals surface area contributed by atoms with Crippen LogP contribution in [0.4, 0.5) is 32.2 Å². The van der Waals surface area contributed by atoms with Gasteiger partial charge < -0.3 is 10.5 Å². The van der Waals surface area contributed by atoms with Crippen LogP contribution < -0.4 is 21.3 Å². The lowest BCUT2D eigenvalue weighted by molar-refractivity contribution is -0.274. The Labute approximate surface area is 150 Å². The lowest BCUT2D eigenvalue weighted by Gasteiger charge is -2.19. The lowest BCUT2D eigenvalue weighted by Crippen LogP contribution is -2.26. The molecule has 0 saturated heterocycles. The molecule has 0 atom stereocenters. The number of amides is 2. The van der Waals surface area contributed by atoms with Gasteiger partial charge in [-0.3, -0.25) is 24.3 Å². The standard InChI is InChI=1S/C15H7F6N3O4/c16-14(17,18)7-3-5(28-15(19,20)21)1-2-8(7)24-9(25)4-6-10(11(24)22)13(27)23-12(6)26/h1-4H,22H2,(H,23,26,27). The molecule has 0 spiro atoms. The Morgan fingerprint density at radius 1 is 0.964 bits per heavy atom. The van der Waals surface area contributed by atoms with Gasteiger partial charge in [0.25, 0.3) is 17.4 Å². The topological polar surface area (TPSA) is 103 Å². The predicted octanol–water partition coefficient (Wildman–Crippen LogP) is 2.22. The van der Waals surface area contributed by atoms with Crippen molar-refractivity contribution in [2.75, 3.05) is 5.73 Å². The summed E-state index contributed by atoms with van der Waals surface area (Å²) in [5.74, 6) is -3.94. The number of imide groups is 1. The number of carbonyl (C=O) groups excluding carboxylic acids is 2. The van der Waals surface area contributed by atoms with Crippen molar-refractivity contribution < 1.29 is 40.7 Å². The van der Waals surface area contributed by atoms with E-state index in [4.69, 9.17) is 5.73 Å². The number of hydrogen-bond acceptors (Lipinski definition) is 5. The second-order valence-electron chi connectivity index (χ2n) is 5.50. The van der Waals surface area contributed by atoms with E-state index in [-0.39, 0.29) is 10.6 Å². The van der Waals surface area contributed by atoms with E-state index in [1.54, 1.807) is 0 Å². The van der Waals surface area contributed by atoms with Crippen LogP contribution in [0.1, 0.15) is 26.3 Å². The highest BCUT2D eigenvalue weighted by molar-refractivity contribution is 6.23. The number of ether oxygens (including phenoxy) is 1. The molecule has 0 radical (unpaired) electrons. The van der Waals surface area contributed by atoms with Crippen molar-refractivity contribution in [3.63, 3.8) is 0 Å². The Morgan fingerprint density at radius 2 is 1.61 bits per heavy atom. The molecule has 0 bridgehead atoms. The first-order valence-corrected chi connectivity index (χ1v) is 7.18. The number of pyridine rings is 1. The van der Waals surface area contributed by atoms with E-state index < -0.39 is 63.9 Å². The van der Waals surface area contributed by atoms with Crippen LogP contribution in [0.2, 0.25) is 0 Å². The summed E-state index contributed by atoms with van der Waals surface area (Å²) in [5, 5.41) is 1.83. The van der Waals surface area contributed by atoms with E-state index in [2.05, 4.69) is 4.74 Å². The normalized spacial score (nSPS) is 14.1. The molecule has 3 rings (SSSR count). The molecule has 1 aliphatic rings. The fourth-order valence-electron chi connectivity index (χ4n) is 2.66. The van der Waals surface area contributed by atoms with Crippen LogP contribution >= 0.6 is 0 Å². The molecule has 28 heavy (non-hydrogen) atoms. The van der Waals surface area contributed by atoms with Crippen LogP contribution in [0.25, 0.3) is 5.69 Å². The fraction of sp³-hybridized carbons (Fsp3) is 0.133. The van der Waals surface area contributed by atoms with Gasteiger partial charge in [-0.25, -0.2) is 0 Å². The number of anilines is 1. The van der Waals surface area contributed by atoms with Gasteiger partial charge in [-0.2, -0.15) is 13.2 Å². The molecule has 13 heteroatoms. The van der Waals surface area contributed by atoms with Gasteiger partial charge in [-0.15, -0.1) is 13.2 Å². The van der Waals surface area contributed by atoms with E-state index in [0.29, 0.717) is 18.2 Å². The number of benzene rings is 1. The van der Waals surface area contributed by atoms with Gasteiger partial charge >= 0.3 is 12.5 Å². The predicted molar refractivity (Wildman–Crippen MR) is 79.9 cm³/mol. The van der Waals surface area contributed by atoms with Gasteiger partial charge in [-0.1, -0.05) is 0 Å². The maximum Gasteiger partial charge on any atom is 0.573 e. The number of halogens is 6. The number of aromatic nitrogens is 1. The van der Waals surface area contributed by atoms with Gasteiger partial charge in [0.15, 0.2) is 0 Å². The quantitative estimate of drug-likeness (QED) is 0.587. The zero-order valence-corrected chi connectivity index (χ0v) is 13.2. The first-order valence-electron chi connectivity index (χ1n) is 7.18. The third kappa shape index (κ3) is 3.25. The Morgan fingerprint density at radius 3 is 2.18 bits per heavy atom. The summed E-state index contributed by atoms with van der Waals surface area (Å²) >= 11 is 0. The summed E-state index contributed by atoms with van der Waals surface area (Å²) in [5.41, 5.74) is 0.885. The molecule has 1 aromatic carbocycles. The van der Waals surface area contributed by atoms with Crippen LogP contribution in [0.3, 0.4) is 0 Å². The highest BCUT2D eigenvalue weighted by Gasteiger charge is 2.39. The fourth-order valence-corrected chi connectivity index (χ4v) is 2.66. The first kappa shape index (κ1) is 19.3. The molecule has 148 valence electrons. The molecule has 2 heterocycles. The summed E-state index contributed by atoms with van der Waals surface area (Å²) in [6, 6.07) is 1.71. The second-order valence-corrected chi connectivity index (χ2v) is 5.50. The largest absolute Gasteiger partial charge is 0.573 e. The third-order valence-electron chi connectivity index (χ3n) is 3.70. The monoisotopic (exact) mass is 407 g/mol. The van der Waals surface area contributed by atoms with Gasteiger partial charge in [0.1, 0.15) is 11.6 Å². The molecule has 0 unspecified atom stereocenters. The zero-order valence-electron chi connectivity index (χ0n) is 13.2.